The normalized spacial score (nSPS) is 10.2. The van der Waals surface area contributed by atoms with Gasteiger partial charge in [0.25, 0.3) is 0 Å². The van der Waals surface area contributed by atoms with Crippen LogP contribution >= 0.6 is 0 Å². The lowest BCUT2D eigenvalue weighted by Crippen LogP contribution is -2.32. The standard InChI is InChI=1S/C21H24N2O4/c1-14-5-8-18(13-15(14)2)22-20(25)11-12-23(16(3)24)19-9-6-17(7-10-19)21(26)27-4/h5-10,13H,11-12H2,1-4H3,(H,22,25). The van der Waals surface area contributed by atoms with E-state index >= 15 is 0 Å². The first-order valence-corrected chi connectivity index (χ1v) is 8.65. The Morgan fingerprint density at radius 3 is 2.22 bits per heavy atom. The predicted octanol–water partition coefficient (Wildman–Crippen LogP) is 3.47. The molecule has 142 valence electrons. The molecule has 0 aliphatic carbocycles. The van der Waals surface area contributed by atoms with Crippen LogP contribution in [0.3, 0.4) is 0 Å². The lowest BCUT2D eigenvalue weighted by atomic mass is 10.1. The number of anilines is 2. The molecule has 2 amide bonds. The minimum atomic E-state index is -0.441. The summed E-state index contributed by atoms with van der Waals surface area (Å²) in [5.74, 6) is -0.792. The summed E-state index contributed by atoms with van der Waals surface area (Å²) >= 11 is 0. The molecule has 1 N–H and O–H groups in total. The summed E-state index contributed by atoms with van der Waals surface area (Å²) in [4.78, 5) is 37.2. The summed E-state index contributed by atoms with van der Waals surface area (Å²) in [5.41, 5.74) is 4.02. The van der Waals surface area contributed by atoms with Gasteiger partial charge in [-0.05, 0) is 61.4 Å². The number of carbonyl (C=O) groups is 3. The first-order chi connectivity index (χ1) is 12.8. The Balaban J connectivity index is 2.01. The van der Waals surface area contributed by atoms with Crippen LogP contribution in [0.1, 0.15) is 34.8 Å². The Hall–Kier alpha value is -3.15. The Morgan fingerprint density at radius 2 is 1.67 bits per heavy atom. The number of amides is 2. The SMILES string of the molecule is COC(=O)c1ccc(N(CCC(=O)Nc2ccc(C)c(C)c2)C(C)=O)cc1. The van der Waals surface area contributed by atoms with Gasteiger partial charge in [-0.25, -0.2) is 4.79 Å². The van der Waals surface area contributed by atoms with Gasteiger partial charge in [-0.3, -0.25) is 9.59 Å². The Bertz CT molecular complexity index is 844. The molecule has 0 unspecified atom stereocenters. The Labute approximate surface area is 159 Å². The molecule has 0 atom stereocenters. The summed E-state index contributed by atoms with van der Waals surface area (Å²) < 4.78 is 4.66. The van der Waals surface area contributed by atoms with Gasteiger partial charge in [0.15, 0.2) is 0 Å². The molecular formula is C21H24N2O4. The van der Waals surface area contributed by atoms with E-state index in [2.05, 4.69) is 10.1 Å². The molecule has 2 aromatic rings. The van der Waals surface area contributed by atoms with Crippen molar-refractivity contribution < 1.29 is 19.1 Å². The summed E-state index contributed by atoms with van der Waals surface area (Å²) in [7, 11) is 1.31. The molecular weight excluding hydrogens is 344 g/mol. The fourth-order valence-electron chi connectivity index (χ4n) is 2.62. The summed E-state index contributed by atoms with van der Waals surface area (Å²) in [6, 6.07) is 12.2. The van der Waals surface area contributed by atoms with E-state index < -0.39 is 5.97 Å². The van der Waals surface area contributed by atoms with Gasteiger partial charge in [-0.15, -0.1) is 0 Å². The quantitative estimate of drug-likeness (QED) is 0.792. The number of ether oxygens (including phenoxy) is 1. The number of nitrogens with one attached hydrogen (secondary N) is 1. The van der Waals surface area contributed by atoms with E-state index in [4.69, 9.17) is 0 Å². The first-order valence-electron chi connectivity index (χ1n) is 8.65. The molecule has 2 rings (SSSR count). The Kier molecular flexibility index (Phi) is 6.71. The molecule has 0 aliphatic rings. The maximum atomic E-state index is 12.2. The van der Waals surface area contributed by atoms with E-state index in [9.17, 15) is 14.4 Å². The number of methoxy groups -OCH3 is 1. The first kappa shape index (κ1) is 20.2. The number of nitrogens with zero attached hydrogens (tertiary/aromatic N) is 1. The highest BCUT2D eigenvalue weighted by Crippen LogP contribution is 2.18. The van der Waals surface area contributed by atoms with Crippen molar-refractivity contribution >= 4 is 29.2 Å². The number of hydrogen-bond donors (Lipinski definition) is 1. The van der Waals surface area contributed by atoms with Crippen LogP contribution in [0.4, 0.5) is 11.4 Å². The molecule has 2 aromatic carbocycles. The average molecular weight is 368 g/mol. The van der Waals surface area contributed by atoms with Crippen LogP contribution in [-0.2, 0) is 14.3 Å². The van der Waals surface area contributed by atoms with Gasteiger partial charge in [0.05, 0.1) is 12.7 Å². The summed E-state index contributed by atoms with van der Waals surface area (Å²) in [6.07, 6.45) is 0.158. The molecule has 0 heterocycles. The van der Waals surface area contributed by atoms with Crippen LogP contribution in [-0.4, -0.2) is 31.4 Å². The number of esters is 1. The van der Waals surface area contributed by atoms with Gasteiger partial charge in [0, 0.05) is 31.3 Å². The molecule has 27 heavy (non-hydrogen) atoms. The Morgan fingerprint density at radius 1 is 1.00 bits per heavy atom. The third kappa shape index (κ3) is 5.41. The van der Waals surface area contributed by atoms with E-state index in [0.717, 1.165) is 16.8 Å². The van der Waals surface area contributed by atoms with Crippen molar-refractivity contribution in [3.05, 3.63) is 59.2 Å². The topological polar surface area (TPSA) is 75.7 Å². The maximum Gasteiger partial charge on any atom is 0.337 e. The zero-order valence-electron chi connectivity index (χ0n) is 16.0. The van der Waals surface area contributed by atoms with E-state index in [1.807, 2.05) is 32.0 Å². The minimum absolute atomic E-state index is 0.158. The van der Waals surface area contributed by atoms with Crippen LogP contribution in [0.15, 0.2) is 42.5 Å². The van der Waals surface area contributed by atoms with Gasteiger partial charge in [-0.1, -0.05) is 6.07 Å². The molecule has 6 nitrogen and oxygen atoms in total. The molecule has 0 bridgehead atoms. The van der Waals surface area contributed by atoms with Crippen molar-refractivity contribution in [1.29, 1.82) is 0 Å². The van der Waals surface area contributed by atoms with E-state index in [1.54, 1.807) is 24.3 Å². The number of aryl methyl sites for hydroxylation is 2. The van der Waals surface area contributed by atoms with Crippen molar-refractivity contribution in [2.24, 2.45) is 0 Å². The van der Waals surface area contributed by atoms with Gasteiger partial charge in [0.2, 0.25) is 11.8 Å². The molecule has 0 fully saturated rings. The molecule has 0 saturated heterocycles. The second kappa shape index (κ2) is 8.98. The summed E-state index contributed by atoms with van der Waals surface area (Å²) in [6.45, 7) is 5.68. The fraction of sp³-hybridized carbons (Fsp3) is 0.286. The maximum absolute atomic E-state index is 12.2. The van der Waals surface area contributed by atoms with Crippen molar-refractivity contribution in [3.8, 4) is 0 Å². The molecule has 0 radical (unpaired) electrons. The van der Waals surface area contributed by atoms with Crippen LogP contribution in [0.5, 0.6) is 0 Å². The van der Waals surface area contributed by atoms with Crippen LogP contribution in [0, 0.1) is 13.8 Å². The highest BCUT2D eigenvalue weighted by Gasteiger charge is 2.15. The van der Waals surface area contributed by atoms with Crippen molar-refractivity contribution in [2.45, 2.75) is 27.2 Å². The van der Waals surface area contributed by atoms with E-state index in [1.165, 1.54) is 18.9 Å². The molecule has 0 aromatic heterocycles. The average Bonchev–Trinajstić information content (AvgIpc) is 2.64. The number of rotatable bonds is 6. The molecule has 0 spiro atoms. The van der Waals surface area contributed by atoms with Gasteiger partial charge in [0.1, 0.15) is 0 Å². The van der Waals surface area contributed by atoms with Crippen molar-refractivity contribution in [3.63, 3.8) is 0 Å². The number of hydrogen-bond acceptors (Lipinski definition) is 4. The van der Waals surface area contributed by atoms with Crippen molar-refractivity contribution in [1.82, 2.24) is 0 Å². The fourth-order valence-corrected chi connectivity index (χ4v) is 2.62. The van der Waals surface area contributed by atoms with Gasteiger partial charge in [-0.2, -0.15) is 0 Å². The zero-order chi connectivity index (χ0) is 20.0. The zero-order valence-corrected chi connectivity index (χ0v) is 16.0. The second-order valence-corrected chi connectivity index (χ2v) is 6.31. The predicted molar refractivity (Wildman–Crippen MR) is 105 cm³/mol. The number of carbonyl (C=O) groups excluding carboxylic acids is 3. The highest BCUT2D eigenvalue weighted by atomic mass is 16.5. The lowest BCUT2D eigenvalue weighted by molar-refractivity contribution is -0.117. The smallest absolute Gasteiger partial charge is 0.337 e. The van der Waals surface area contributed by atoms with Crippen LogP contribution in [0.25, 0.3) is 0 Å². The third-order valence-electron chi connectivity index (χ3n) is 4.33. The van der Waals surface area contributed by atoms with Crippen LogP contribution < -0.4 is 10.2 Å². The van der Waals surface area contributed by atoms with E-state index in [-0.39, 0.29) is 24.8 Å². The van der Waals surface area contributed by atoms with Crippen molar-refractivity contribution in [2.75, 3.05) is 23.9 Å². The van der Waals surface area contributed by atoms with Gasteiger partial charge < -0.3 is 15.0 Å². The highest BCUT2D eigenvalue weighted by molar-refractivity contribution is 5.95. The number of benzene rings is 2. The molecule has 6 heteroatoms. The summed E-state index contributed by atoms with van der Waals surface area (Å²) in [5, 5.41) is 2.85. The third-order valence-corrected chi connectivity index (χ3v) is 4.33. The monoisotopic (exact) mass is 368 g/mol. The van der Waals surface area contributed by atoms with Crippen LogP contribution in [0.2, 0.25) is 0 Å². The largest absolute Gasteiger partial charge is 0.465 e. The minimum Gasteiger partial charge on any atom is -0.465 e. The molecule has 0 saturated carbocycles. The van der Waals surface area contributed by atoms with E-state index in [0.29, 0.717) is 11.3 Å². The molecule has 0 aliphatic heterocycles. The van der Waals surface area contributed by atoms with Gasteiger partial charge >= 0.3 is 5.97 Å². The lowest BCUT2D eigenvalue weighted by Gasteiger charge is -2.21. The second-order valence-electron chi connectivity index (χ2n) is 6.31.